The summed E-state index contributed by atoms with van der Waals surface area (Å²) in [7, 11) is 0. The van der Waals surface area contributed by atoms with Crippen molar-refractivity contribution >= 4 is 5.91 Å². The van der Waals surface area contributed by atoms with Crippen molar-refractivity contribution in [3.8, 4) is 0 Å². The maximum absolute atomic E-state index is 13.3. The highest BCUT2D eigenvalue weighted by molar-refractivity contribution is 5.79. The minimum Gasteiger partial charge on any atom is -0.337 e. The van der Waals surface area contributed by atoms with Crippen LogP contribution in [0.1, 0.15) is 44.6 Å². The molecule has 22 heavy (non-hydrogen) atoms. The normalized spacial score (nSPS) is 26.6. The second-order valence-electron chi connectivity index (χ2n) is 6.62. The molecule has 3 nitrogen and oxygen atoms in total. The highest BCUT2D eigenvalue weighted by Gasteiger charge is 2.44. The quantitative estimate of drug-likeness (QED) is 0.856. The fourth-order valence-electron chi connectivity index (χ4n) is 4.19. The molecule has 2 heterocycles. The van der Waals surface area contributed by atoms with Gasteiger partial charge in [-0.15, -0.1) is 0 Å². The summed E-state index contributed by atoms with van der Waals surface area (Å²) < 4.78 is 13.3. The summed E-state index contributed by atoms with van der Waals surface area (Å²) in [5, 5.41) is 0. The van der Waals surface area contributed by atoms with Crippen LogP contribution in [0.2, 0.25) is 0 Å². The summed E-state index contributed by atoms with van der Waals surface area (Å²) in [4.78, 5) is 16.6. The molecule has 0 N–H and O–H groups in total. The van der Waals surface area contributed by atoms with Gasteiger partial charge in [0.25, 0.3) is 0 Å². The number of hydrogen-bond acceptors (Lipinski definition) is 2. The Bertz CT molecular complexity index is 548. The number of carbonyl (C=O) groups excluding carboxylic acids is 1. The van der Waals surface area contributed by atoms with E-state index in [4.69, 9.17) is 0 Å². The molecule has 0 aromatic heterocycles. The number of amides is 1. The molecule has 0 bridgehead atoms. The summed E-state index contributed by atoms with van der Waals surface area (Å²) in [5.41, 5.74) is 1.12. The van der Waals surface area contributed by atoms with Gasteiger partial charge in [-0.25, -0.2) is 4.39 Å². The van der Waals surface area contributed by atoms with Gasteiger partial charge in [0.1, 0.15) is 5.82 Å². The van der Waals surface area contributed by atoms with Crippen LogP contribution in [0.25, 0.3) is 0 Å². The standard InChI is InChI=1S/C18H25FN2O/c1-2-21-17(22)7-9-18(21)8-4-11-20(12-10-18)14-15-5-3-6-16(19)13-15/h3,5-6,13H,2,4,7-12,14H2,1H3/t18-/m0/s1. The highest BCUT2D eigenvalue weighted by atomic mass is 19.1. The van der Waals surface area contributed by atoms with E-state index in [0.29, 0.717) is 12.3 Å². The zero-order valence-electron chi connectivity index (χ0n) is 13.4. The van der Waals surface area contributed by atoms with Crippen LogP contribution in [0.4, 0.5) is 4.39 Å². The molecule has 1 amide bonds. The number of hydrogen-bond donors (Lipinski definition) is 0. The monoisotopic (exact) mass is 304 g/mol. The first-order valence-corrected chi connectivity index (χ1v) is 8.40. The molecule has 120 valence electrons. The van der Waals surface area contributed by atoms with Crippen molar-refractivity contribution in [3.05, 3.63) is 35.6 Å². The maximum Gasteiger partial charge on any atom is 0.223 e. The Labute approximate surface area is 132 Å². The second kappa shape index (κ2) is 6.37. The minimum atomic E-state index is -0.165. The lowest BCUT2D eigenvalue weighted by Crippen LogP contribution is -2.46. The number of benzene rings is 1. The van der Waals surface area contributed by atoms with Crippen LogP contribution in [0.3, 0.4) is 0 Å². The van der Waals surface area contributed by atoms with E-state index in [9.17, 15) is 9.18 Å². The Morgan fingerprint density at radius 2 is 2.09 bits per heavy atom. The van der Waals surface area contributed by atoms with Gasteiger partial charge >= 0.3 is 0 Å². The zero-order chi connectivity index (χ0) is 15.6. The molecule has 1 spiro atoms. The molecule has 2 aliphatic rings. The van der Waals surface area contributed by atoms with E-state index in [1.54, 1.807) is 12.1 Å². The molecule has 4 heteroatoms. The van der Waals surface area contributed by atoms with Crippen LogP contribution in [-0.4, -0.2) is 40.9 Å². The first kappa shape index (κ1) is 15.5. The van der Waals surface area contributed by atoms with Crippen molar-refractivity contribution in [3.63, 3.8) is 0 Å². The van der Waals surface area contributed by atoms with Crippen LogP contribution in [-0.2, 0) is 11.3 Å². The molecule has 0 saturated carbocycles. The first-order valence-electron chi connectivity index (χ1n) is 8.40. The minimum absolute atomic E-state index is 0.0858. The summed E-state index contributed by atoms with van der Waals surface area (Å²) >= 11 is 0. The predicted octanol–water partition coefficient (Wildman–Crippen LogP) is 3.19. The van der Waals surface area contributed by atoms with Gasteiger partial charge < -0.3 is 4.90 Å². The lowest BCUT2D eigenvalue weighted by atomic mass is 9.88. The molecule has 2 saturated heterocycles. The van der Waals surface area contributed by atoms with Gasteiger partial charge in [0, 0.05) is 31.6 Å². The third kappa shape index (κ3) is 3.02. The molecule has 3 rings (SSSR count). The fourth-order valence-corrected chi connectivity index (χ4v) is 4.19. The number of halogens is 1. The van der Waals surface area contributed by atoms with Gasteiger partial charge in [-0.3, -0.25) is 9.69 Å². The van der Waals surface area contributed by atoms with Crippen molar-refractivity contribution in [1.82, 2.24) is 9.80 Å². The van der Waals surface area contributed by atoms with Crippen LogP contribution in [0.15, 0.2) is 24.3 Å². The number of nitrogens with zero attached hydrogens (tertiary/aromatic N) is 2. The Hall–Kier alpha value is -1.42. The number of carbonyl (C=O) groups is 1. The van der Waals surface area contributed by atoms with Gasteiger partial charge in [-0.1, -0.05) is 12.1 Å². The van der Waals surface area contributed by atoms with Crippen molar-refractivity contribution in [2.45, 2.75) is 51.1 Å². The van der Waals surface area contributed by atoms with E-state index < -0.39 is 0 Å². The molecular weight excluding hydrogens is 279 g/mol. The average Bonchev–Trinajstić information content (AvgIpc) is 2.66. The fraction of sp³-hybridized carbons (Fsp3) is 0.611. The van der Waals surface area contributed by atoms with E-state index in [0.717, 1.165) is 57.4 Å². The zero-order valence-corrected chi connectivity index (χ0v) is 13.4. The topological polar surface area (TPSA) is 23.6 Å². The van der Waals surface area contributed by atoms with Crippen molar-refractivity contribution < 1.29 is 9.18 Å². The third-order valence-electron chi connectivity index (χ3n) is 5.30. The van der Waals surface area contributed by atoms with Gasteiger partial charge in [0.15, 0.2) is 0 Å². The van der Waals surface area contributed by atoms with Crippen molar-refractivity contribution in [2.24, 2.45) is 0 Å². The summed E-state index contributed by atoms with van der Waals surface area (Å²) in [6, 6.07) is 6.88. The Kier molecular flexibility index (Phi) is 4.48. The van der Waals surface area contributed by atoms with Crippen molar-refractivity contribution in [2.75, 3.05) is 19.6 Å². The maximum atomic E-state index is 13.3. The molecule has 0 radical (unpaired) electrons. The first-order chi connectivity index (χ1) is 10.6. The smallest absolute Gasteiger partial charge is 0.223 e. The van der Waals surface area contributed by atoms with Crippen LogP contribution >= 0.6 is 0 Å². The SMILES string of the molecule is CCN1C(=O)CC[C@]12CCCN(Cc1cccc(F)c1)CC2. The molecule has 2 fully saturated rings. The molecule has 1 aromatic rings. The Morgan fingerprint density at radius 1 is 1.23 bits per heavy atom. The largest absolute Gasteiger partial charge is 0.337 e. The van der Waals surface area contributed by atoms with E-state index in [1.807, 2.05) is 6.07 Å². The molecule has 2 aliphatic heterocycles. The van der Waals surface area contributed by atoms with Gasteiger partial charge in [0.05, 0.1) is 0 Å². The molecular formula is C18H25FN2O. The average molecular weight is 304 g/mol. The second-order valence-corrected chi connectivity index (χ2v) is 6.62. The van der Waals surface area contributed by atoms with Crippen LogP contribution in [0.5, 0.6) is 0 Å². The summed E-state index contributed by atoms with van der Waals surface area (Å²) in [6.45, 7) is 5.72. The van der Waals surface area contributed by atoms with E-state index in [-0.39, 0.29) is 11.4 Å². The summed E-state index contributed by atoms with van der Waals surface area (Å²) in [5.74, 6) is 0.156. The van der Waals surface area contributed by atoms with Crippen LogP contribution < -0.4 is 0 Å². The molecule has 0 unspecified atom stereocenters. The molecule has 1 atom stereocenters. The third-order valence-corrected chi connectivity index (χ3v) is 5.30. The van der Waals surface area contributed by atoms with Crippen molar-refractivity contribution in [1.29, 1.82) is 0 Å². The lowest BCUT2D eigenvalue weighted by Gasteiger charge is -2.37. The van der Waals surface area contributed by atoms with Gasteiger partial charge in [0.2, 0.25) is 5.91 Å². The molecule has 0 aliphatic carbocycles. The van der Waals surface area contributed by atoms with Gasteiger partial charge in [-0.2, -0.15) is 0 Å². The Morgan fingerprint density at radius 3 is 2.86 bits per heavy atom. The number of likely N-dealkylation sites (tertiary alicyclic amines) is 2. The predicted molar refractivity (Wildman–Crippen MR) is 84.9 cm³/mol. The van der Waals surface area contributed by atoms with Crippen LogP contribution in [0, 0.1) is 5.82 Å². The van der Waals surface area contributed by atoms with Gasteiger partial charge in [-0.05, 0) is 56.8 Å². The summed E-state index contributed by atoms with van der Waals surface area (Å²) in [6.07, 6.45) is 4.97. The Balaban J connectivity index is 1.66. The lowest BCUT2D eigenvalue weighted by molar-refractivity contribution is -0.131. The number of rotatable bonds is 3. The highest BCUT2D eigenvalue weighted by Crippen LogP contribution is 2.39. The van der Waals surface area contributed by atoms with E-state index in [1.165, 1.54) is 6.07 Å². The van der Waals surface area contributed by atoms with E-state index >= 15 is 0 Å². The van der Waals surface area contributed by atoms with E-state index in [2.05, 4.69) is 16.7 Å². The molecule has 1 aromatic carbocycles.